The number of amides is 1. The number of likely N-dealkylation sites (tertiary alicyclic amines) is 1. The quantitative estimate of drug-likeness (QED) is 0.834. The van der Waals surface area contributed by atoms with E-state index in [9.17, 15) is 4.79 Å². The van der Waals surface area contributed by atoms with Gasteiger partial charge in [-0.05, 0) is 36.5 Å². The van der Waals surface area contributed by atoms with Crippen LogP contribution >= 0.6 is 0 Å². The number of rotatable bonds is 3. The lowest BCUT2D eigenvalue weighted by Crippen LogP contribution is -2.38. The molecule has 1 heterocycles. The maximum atomic E-state index is 12.3. The van der Waals surface area contributed by atoms with Crippen LogP contribution in [0.3, 0.4) is 0 Å². The molecular formula is C16H20N2O. The molecule has 0 aliphatic carbocycles. The van der Waals surface area contributed by atoms with Crippen molar-refractivity contribution in [2.24, 2.45) is 5.92 Å². The number of nitrogens with zero attached hydrogens (tertiary/aromatic N) is 2. The number of carbonyl (C=O) groups is 1. The SMILES string of the molecule is CCC1CCN(C(=O)c2ccc(CC#N)cc2)CC1. The topological polar surface area (TPSA) is 44.1 Å². The van der Waals surface area contributed by atoms with Gasteiger partial charge in [0.1, 0.15) is 0 Å². The molecule has 0 aromatic heterocycles. The molecule has 0 N–H and O–H groups in total. The van der Waals surface area contributed by atoms with E-state index in [0.717, 1.165) is 43.0 Å². The third kappa shape index (κ3) is 3.35. The van der Waals surface area contributed by atoms with Crippen molar-refractivity contribution in [1.82, 2.24) is 4.90 Å². The van der Waals surface area contributed by atoms with Gasteiger partial charge in [-0.2, -0.15) is 5.26 Å². The van der Waals surface area contributed by atoms with Crippen LogP contribution in [0.1, 0.15) is 42.1 Å². The second kappa shape index (κ2) is 6.38. The largest absolute Gasteiger partial charge is 0.339 e. The van der Waals surface area contributed by atoms with Crippen molar-refractivity contribution in [3.63, 3.8) is 0 Å². The van der Waals surface area contributed by atoms with E-state index < -0.39 is 0 Å². The molecule has 3 heteroatoms. The van der Waals surface area contributed by atoms with Crippen LogP contribution in [0.25, 0.3) is 0 Å². The Morgan fingerprint density at radius 2 is 1.95 bits per heavy atom. The summed E-state index contributed by atoms with van der Waals surface area (Å²) in [5.41, 5.74) is 1.69. The molecule has 2 rings (SSSR count). The molecule has 1 aromatic carbocycles. The number of piperidine rings is 1. The fourth-order valence-electron chi connectivity index (χ4n) is 2.58. The smallest absolute Gasteiger partial charge is 0.253 e. The standard InChI is InChI=1S/C16H20N2O/c1-2-13-8-11-18(12-9-13)16(19)15-5-3-14(4-6-15)7-10-17/h3-6,13H,2,7-9,11-12H2,1H3. The molecule has 1 amide bonds. The van der Waals surface area contributed by atoms with Gasteiger partial charge in [0.15, 0.2) is 0 Å². The Balaban J connectivity index is 1.98. The molecule has 0 saturated carbocycles. The fraction of sp³-hybridized carbons (Fsp3) is 0.500. The lowest BCUT2D eigenvalue weighted by Gasteiger charge is -2.31. The summed E-state index contributed by atoms with van der Waals surface area (Å²) >= 11 is 0. The van der Waals surface area contributed by atoms with E-state index in [2.05, 4.69) is 13.0 Å². The zero-order valence-corrected chi connectivity index (χ0v) is 11.4. The molecule has 100 valence electrons. The Labute approximate surface area is 114 Å². The van der Waals surface area contributed by atoms with Crippen molar-refractivity contribution in [2.75, 3.05) is 13.1 Å². The normalized spacial score (nSPS) is 16.1. The number of hydrogen-bond donors (Lipinski definition) is 0. The first-order chi connectivity index (χ1) is 9.24. The summed E-state index contributed by atoms with van der Waals surface area (Å²) in [6.07, 6.45) is 3.85. The highest BCUT2D eigenvalue weighted by atomic mass is 16.2. The number of carbonyl (C=O) groups excluding carboxylic acids is 1. The first kappa shape index (κ1) is 13.6. The Kier molecular flexibility index (Phi) is 4.57. The van der Waals surface area contributed by atoms with E-state index in [-0.39, 0.29) is 5.91 Å². The Hall–Kier alpha value is -1.82. The fourth-order valence-corrected chi connectivity index (χ4v) is 2.58. The van der Waals surface area contributed by atoms with Gasteiger partial charge in [0.2, 0.25) is 0 Å². The third-order valence-corrected chi connectivity index (χ3v) is 3.96. The molecule has 3 nitrogen and oxygen atoms in total. The van der Waals surface area contributed by atoms with Crippen LogP contribution in [0.5, 0.6) is 0 Å². The maximum Gasteiger partial charge on any atom is 0.253 e. The third-order valence-electron chi connectivity index (χ3n) is 3.96. The van der Waals surface area contributed by atoms with E-state index in [1.807, 2.05) is 29.2 Å². The number of hydrogen-bond acceptors (Lipinski definition) is 2. The van der Waals surface area contributed by atoms with Crippen molar-refractivity contribution in [2.45, 2.75) is 32.6 Å². The highest BCUT2D eigenvalue weighted by Gasteiger charge is 2.22. The van der Waals surface area contributed by atoms with Crippen LogP contribution in [0, 0.1) is 17.2 Å². The molecule has 0 radical (unpaired) electrons. The van der Waals surface area contributed by atoms with Gasteiger partial charge in [0, 0.05) is 18.7 Å². The summed E-state index contributed by atoms with van der Waals surface area (Å²) in [7, 11) is 0. The molecule has 1 aliphatic heterocycles. The molecule has 0 bridgehead atoms. The predicted octanol–water partition coefficient (Wildman–Crippen LogP) is 3.01. The van der Waals surface area contributed by atoms with E-state index in [0.29, 0.717) is 6.42 Å². The minimum Gasteiger partial charge on any atom is -0.339 e. The maximum absolute atomic E-state index is 12.3. The molecular weight excluding hydrogens is 236 g/mol. The zero-order chi connectivity index (χ0) is 13.7. The van der Waals surface area contributed by atoms with Gasteiger partial charge in [-0.1, -0.05) is 25.5 Å². The lowest BCUT2D eigenvalue weighted by atomic mass is 9.94. The van der Waals surface area contributed by atoms with Crippen LogP contribution in [0.2, 0.25) is 0 Å². The second-order valence-electron chi connectivity index (χ2n) is 5.18. The van der Waals surface area contributed by atoms with Gasteiger partial charge in [0.25, 0.3) is 5.91 Å². The zero-order valence-electron chi connectivity index (χ0n) is 11.4. The predicted molar refractivity (Wildman–Crippen MR) is 74.7 cm³/mol. The van der Waals surface area contributed by atoms with Gasteiger partial charge in [-0.3, -0.25) is 4.79 Å². The first-order valence-electron chi connectivity index (χ1n) is 6.99. The molecule has 1 fully saturated rings. The Bertz CT molecular complexity index is 465. The first-order valence-corrected chi connectivity index (χ1v) is 6.99. The van der Waals surface area contributed by atoms with Gasteiger partial charge >= 0.3 is 0 Å². The van der Waals surface area contributed by atoms with Crippen molar-refractivity contribution >= 4 is 5.91 Å². The summed E-state index contributed by atoms with van der Waals surface area (Å²) in [6, 6.07) is 9.52. The van der Waals surface area contributed by atoms with Crippen LogP contribution in [0.15, 0.2) is 24.3 Å². The van der Waals surface area contributed by atoms with Crippen molar-refractivity contribution < 1.29 is 4.79 Å². The lowest BCUT2D eigenvalue weighted by molar-refractivity contribution is 0.0689. The molecule has 0 unspecified atom stereocenters. The Morgan fingerprint density at radius 1 is 1.32 bits per heavy atom. The summed E-state index contributed by atoms with van der Waals surface area (Å²) in [5.74, 6) is 0.903. The van der Waals surface area contributed by atoms with Gasteiger partial charge in [-0.25, -0.2) is 0 Å². The summed E-state index contributed by atoms with van der Waals surface area (Å²) < 4.78 is 0. The van der Waals surface area contributed by atoms with Gasteiger partial charge in [0.05, 0.1) is 12.5 Å². The molecule has 1 saturated heterocycles. The van der Waals surface area contributed by atoms with E-state index in [1.165, 1.54) is 6.42 Å². The highest BCUT2D eigenvalue weighted by Crippen LogP contribution is 2.21. The van der Waals surface area contributed by atoms with E-state index >= 15 is 0 Å². The van der Waals surface area contributed by atoms with Gasteiger partial charge in [-0.15, -0.1) is 0 Å². The molecule has 1 aliphatic rings. The monoisotopic (exact) mass is 256 g/mol. The van der Waals surface area contributed by atoms with Crippen LogP contribution < -0.4 is 0 Å². The van der Waals surface area contributed by atoms with Crippen molar-refractivity contribution in [3.8, 4) is 6.07 Å². The van der Waals surface area contributed by atoms with Crippen molar-refractivity contribution in [1.29, 1.82) is 5.26 Å². The average molecular weight is 256 g/mol. The molecule has 0 atom stereocenters. The van der Waals surface area contributed by atoms with Gasteiger partial charge < -0.3 is 4.90 Å². The molecule has 19 heavy (non-hydrogen) atoms. The number of benzene rings is 1. The van der Waals surface area contributed by atoms with Crippen LogP contribution in [-0.2, 0) is 6.42 Å². The highest BCUT2D eigenvalue weighted by molar-refractivity contribution is 5.94. The number of nitriles is 1. The van der Waals surface area contributed by atoms with Crippen LogP contribution in [-0.4, -0.2) is 23.9 Å². The summed E-state index contributed by atoms with van der Waals surface area (Å²) in [5, 5.41) is 8.63. The molecule has 0 spiro atoms. The summed E-state index contributed by atoms with van der Waals surface area (Å²) in [4.78, 5) is 14.3. The average Bonchev–Trinajstić information content (AvgIpc) is 2.48. The van der Waals surface area contributed by atoms with E-state index in [4.69, 9.17) is 5.26 Å². The van der Waals surface area contributed by atoms with E-state index in [1.54, 1.807) is 0 Å². The second-order valence-corrected chi connectivity index (χ2v) is 5.18. The minimum absolute atomic E-state index is 0.123. The summed E-state index contributed by atoms with van der Waals surface area (Å²) in [6.45, 7) is 3.96. The van der Waals surface area contributed by atoms with Crippen LogP contribution in [0.4, 0.5) is 0 Å². The molecule has 1 aromatic rings. The minimum atomic E-state index is 0.123. The Morgan fingerprint density at radius 3 is 2.47 bits per heavy atom. The van der Waals surface area contributed by atoms with Crippen molar-refractivity contribution in [3.05, 3.63) is 35.4 Å².